The van der Waals surface area contributed by atoms with Gasteiger partial charge in [0, 0.05) is 5.92 Å². The fourth-order valence-corrected chi connectivity index (χ4v) is 6.39. The summed E-state index contributed by atoms with van der Waals surface area (Å²) in [6.07, 6.45) is 16.5. The number of fused-ring (bicyclic) bond motifs is 1. The molecular formula is C27H44O3. The normalized spacial score (nSPS) is 38.7. The zero-order chi connectivity index (χ0) is 22.1. The van der Waals surface area contributed by atoms with Crippen LogP contribution in [0.25, 0.3) is 0 Å². The zero-order valence-electron chi connectivity index (χ0n) is 19.8. The maximum Gasteiger partial charge on any atom is 0.0651 e. The summed E-state index contributed by atoms with van der Waals surface area (Å²) in [5, 5.41) is 30.2. The largest absolute Gasteiger partial charge is 0.393 e. The molecule has 3 rings (SSSR count). The predicted molar refractivity (Wildman–Crippen MR) is 124 cm³/mol. The number of aliphatic hydroxyl groups is 3. The molecule has 0 spiro atoms. The van der Waals surface area contributed by atoms with Gasteiger partial charge in [0.25, 0.3) is 0 Å². The van der Waals surface area contributed by atoms with Crippen molar-refractivity contribution in [2.75, 3.05) is 0 Å². The highest BCUT2D eigenvalue weighted by Gasteiger charge is 2.50. The van der Waals surface area contributed by atoms with E-state index >= 15 is 0 Å². The van der Waals surface area contributed by atoms with Crippen LogP contribution in [0.2, 0.25) is 0 Å². The lowest BCUT2D eigenvalue weighted by Gasteiger charge is -2.44. The Morgan fingerprint density at radius 2 is 1.70 bits per heavy atom. The second-order valence-corrected chi connectivity index (χ2v) is 11.3. The molecule has 3 N–H and O–H groups in total. The summed E-state index contributed by atoms with van der Waals surface area (Å²) in [7, 11) is 0. The van der Waals surface area contributed by atoms with Gasteiger partial charge in [0.15, 0.2) is 0 Å². The Hall–Kier alpha value is -0.900. The molecule has 0 saturated heterocycles. The van der Waals surface area contributed by atoms with Gasteiger partial charge in [0.1, 0.15) is 0 Å². The summed E-state index contributed by atoms with van der Waals surface area (Å²) in [6, 6.07) is 0. The fraction of sp³-hybridized carbons (Fsp3) is 0.778. The van der Waals surface area contributed by atoms with Crippen LogP contribution in [0, 0.1) is 29.1 Å². The van der Waals surface area contributed by atoms with E-state index in [9.17, 15) is 15.3 Å². The monoisotopic (exact) mass is 416 g/mol. The van der Waals surface area contributed by atoms with Crippen LogP contribution >= 0.6 is 0 Å². The standard InChI is InChI=1S/C27H44O3/c1-18(8-9-19(2)26(3,4)30)24-12-13-25-21(7-6-14-27(24,25)5)11-10-20-15-22(28)17-23(29)16-20/h8-11,18-19,22-25,28-30H,6-7,12-17H2,1-5H3/b9-8+,21-11+/t18-,19+,22-,23-,24-,25+,27?/m1/s1. The molecule has 0 heterocycles. The second kappa shape index (κ2) is 9.30. The quantitative estimate of drug-likeness (QED) is 0.514. The molecule has 3 nitrogen and oxygen atoms in total. The summed E-state index contributed by atoms with van der Waals surface area (Å²) in [4.78, 5) is 0. The van der Waals surface area contributed by atoms with E-state index in [1.165, 1.54) is 37.7 Å². The minimum Gasteiger partial charge on any atom is -0.393 e. The third kappa shape index (κ3) is 5.29. The van der Waals surface area contributed by atoms with Crippen LogP contribution in [0.5, 0.6) is 0 Å². The minimum absolute atomic E-state index is 0.152. The van der Waals surface area contributed by atoms with Gasteiger partial charge in [-0.2, -0.15) is 0 Å². The lowest BCUT2D eigenvalue weighted by Crippen LogP contribution is -2.35. The number of hydrogen-bond donors (Lipinski definition) is 3. The van der Waals surface area contributed by atoms with Crippen LogP contribution < -0.4 is 0 Å². The van der Waals surface area contributed by atoms with Crippen molar-refractivity contribution in [2.24, 2.45) is 29.1 Å². The van der Waals surface area contributed by atoms with Crippen LogP contribution in [0.15, 0.2) is 35.5 Å². The fourth-order valence-electron chi connectivity index (χ4n) is 6.39. The topological polar surface area (TPSA) is 60.7 Å². The van der Waals surface area contributed by atoms with Gasteiger partial charge in [0.2, 0.25) is 0 Å². The minimum atomic E-state index is -0.674. The van der Waals surface area contributed by atoms with Gasteiger partial charge in [-0.1, -0.05) is 56.2 Å². The summed E-state index contributed by atoms with van der Waals surface area (Å²) < 4.78 is 0. The van der Waals surface area contributed by atoms with E-state index in [0.29, 0.717) is 42.4 Å². The van der Waals surface area contributed by atoms with Crippen LogP contribution in [-0.4, -0.2) is 33.1 Å². The second-order valence-electron chi connectivity index (χ2n) is 11.3. The van der Waals surface area contributed by atoms with Gasteiger partial charge < -0.3 is 15.3 Å². The molecule has 0 aromatic carbocycles. The molecule has 7 atom stereocenters. The van der Waals surface area contributed by atoms with Gasteiger partial charge in [-0.3, -0.25) is 0 Å². The van der Waals surface area contributed by atoms with Crippen molar-refractivity contribution in [2.45, 2.75) is 104 Å². The first-order chi connectivity index (χ1) is 14.0. The molecule has 0 bridgehead atoms. The Labute approximate surface area is 184 Å². The first kappa shape index (κ1) is 23.8. The van der Waals surface area contributed by atoms with Crippen molar-refractivity contribution in [3.63, 3.8) is 0 Å². The molecule has 0 amide bonds. The van der Waals surface area contributed by atoms with Gasteiger partial charge in [-0.25, -0.2) is 0 Å². The molecule has 0 aromatic rings. The number of rotatable bonds is 5. The molecule has 3 heteroatoms. The molecule has 0 aromatic heterocycles. The van der Waals surface area contributed by atoms with Gasteiger partial charge in [0.05, 0.1) is 17.8 Å². The first-order valence-corrected chi connectivity index (χ1v) is 12.2. The third-order valence-electron chi connectivity index (χ3n) is 8.56. The molecule has 0 radical (unpaired) electrons. The van der Waals surface area contributed by atoms with Crippen LogP contribution in [0.1, 0.15) is 86.0 Å². The number of hydrogen-bond acceptors (Lipinski definition) is 3. The average molecular weight is 417 g/mol. The van der Waals surface area contributed by atoms with Crippen LogP contribution in [-0.2, 0) is 0 Å². The zero-order valence-corrected chi connectivity index (χ0v) is 19.8. The molecule has 0 aliphatic heterocycles. The smallest absolute Gasteiger partial charge is 0.0651 e. The summed E-state index contributed by atoms with van der Waals surface area (Å²) in [5.74, 6) is 2.00. The molecule has 170 valence electrons. The average Bonchev–Trinajstić information content (AvgIpc) is 3.00. The lowest BCUT2D eigenvalue weighted by molar-refractivity contribution is 0.0436. The Morgan fingerprint density at radius 1 is 1.03 bits per heavy atom. The Balaban J connectivity index is 1.73. The number of aliphatic hydroxyl groups excluding tert-OH is 2. The van der Waals surface area contributed by atoms with Crippen molar-refractivity contribution in [3.8, 4) is 0 Å². The molecular weight excluding hydrogens is 372 g/mol. The molecule has 30 heavy (non-hydrogen) atoms. The van der Waals surface area contributed by atoms with Crippen molar-refractivity contribution in [1.82, 2.24) is 0 Å². The highest BCUT2D eigenvalue weighted by molar-refractivity contribution is 5.26. The summed E-state index contributed by atoms with van der Waals surface area (Å²) >= 11 is 0. The van der Waals surface area contributed by atoms with Crippen LogP contribution in [0.3, 0.4) is 0 Å². The molecule has 3 fully saturated rings. The van der Waals surface area contributed by atoms with Gasteiger partial charge in [-0.05, 0) is 88.4 Å². The van der Waals surface area contributed by atoms with Crippen molar-refractivity contribution in [1.29, 1.82) is 0 Å². The van der Waals surface area contributed by atoms with Crippen molar-refractivity contribution >= 4 is 0 Å². The highest BCUT2D eigenvalue weighted by Crippen LogP contribution is 2.59. The Kier molecular flexibility index (Phi) is 7.37. The molecule has 3 saturated carbocycles. The van der Waals surface area contributed by atoms with E-state index in [1.54, 1.807) is 5.57 Å². The summed E-state index contributed by atoms with van der Waals surface area (Å²) in [5.41, 5.74) is 2.43. The molecule has 3 aliphatic carbocycles. The van der Waals surface area contributed by atoms with E-state index in [1.807, 2.05) is 13.8 Å². The third-order valence-corrected chi connectivity index (χ3v) is 8.56. The van der Waals surface area contributed by atoms with Crippen molar-refractivity contribution < 1.29 is 15.3 Å². The van der Waals surface area contributed by atoms with Crippen LogP contribution in [0.4, 0.5) is 0 Å². The Morgan fingerprint density at radius 3 is 2.33 bits per heavy atom. The number of allylic oxidation sites excluding steroid dienone is 4. The van der Waals surface area contributed by atoms with E-state index in [2.05, 4.69) is 45.1 Å². The molecule has 3 aliphatic rings. The van der Waals surface area contributed by atoms with Gasteiger partial charge >= 0.3 is 0 Å². The predicted octanol–water partition coefficient (Wildman–Crippen LogP) is 5.56. The van der Waals surface area contributed by atoms with E-state index in [0.717, 1.165) is 0 Å². The molecule has 1 unspecified atom stereocenters. The Bertz CT molecular complexity index is 671. The van der Waals surface area contributed by atoms with Crippen molar-refractivity contribution in [3.05, 3.63) is 35.5 Å². The summed E-state index contributed by atoms with van der Waals surface area (Å²) in [6.45, 7) is 10.7. The maximum atomic E-state index is 10.2. The van der Waals surface area contributed by atoms with E-state index in [-0.39, 0.29) is 5.92 Å². The van der Waals surface area contributed by atoms with Gasteiger partial charge in [-0.15, -0.1) is 0 Å². The first-order valence-electron chi connectivity index (χ1n) is 12.2. The van der Waals surface area contributed by atoms with E-state index < -0.39 is 17.8 Å². The highest BCUT2D eigenvalue weighted by atomic mass is 16.3. The SMILES string of the molecule is C[C@H](/C=C/[C@H](C)C(C)(C)O)[C@H]1CC[C@H]2/C(=C/C=C3C[C@@H](O)C[C@H](O)C3)CCCC12C. The maximum absolute atomic E-state index is 10.2. The lowest BCUT2D eigenvalue weighted by atomic mass is 9.61. The van der Waals surface area contributed by atoms with E-state index in [4.69, 9.17) is 0 Å².